The van der Waals surface area contributed by atoms with Crippen molar-refractivity contribution in [1.29, 1.82) is 0 Å². The predicted octanol–water partition coefficient (Wildman–Crippen LogP) is 2.66. The van der Waals surface area contributed by atoms with E-state index in [1.54, 1.807) is 0 Å². The number of hydrogen-bond acceptors (Lipinski definition) is 5. The van der Waals surface area contributed by atoms with E-state index in [4.69, 9.17) is 5.73 Å². The fourth-order valence-electron chi connectivity index (χ4n) is 2.17. The Hall–Kier alpha value is -2.53. The molecule has 0 saturated heterocycles. The standard InChI is InChI=1S/C16H17N5/c17-10-4-6-12-5-3-7-13(11-12)18-16-19-14-8-1-2-9-15(14)20-21-16/h1-3,5,7-9,11H,4,6,10,17H2,(H,18,19,21). The number of para-hydroxylation sites is 1. The smallest absolute Gasteiger partial charge is 0.247 e. The van der Waals surface area contributed by atoms with Crippen LogP contribution in [-0.4, -0.2) is 21.7 Å². The molecule has 3 aromatic rings. The third kappa shape index (κ3) is 3.32. The Labute approximate surface area is 123 Å². The number of anilines is 2. The molecule has 21 heavy (non-hydrogen) atoms. The molecule has 0 radical (unpaired) electrons. The lowest BCUT2D eigenvalue weighted by Crippen LogP contribution is -2.02. The highest BCUT2D eigenvalue weighted by Crippen LogP contribution is 2.17. The Bertz CT molecular complexity index is 741. The predicted molar refractivity (Wildman–Crippen MR) is 84.4 cm³/mol. The number of nitrogens with one attached hydrogen (secondary N) is 1. The highest BCUT2D eigenvalue weighted by atomic mass is 15.2. The van der Waals surface area contributed by atoms with Crippen molar-refractivity contribution >= 4 is 22.7 Å². The summed E-state index contributed by atoms with van der Waals surface area (Å²) in [4.78, 5) is 4.46. The molecular formula is C16H17N5. The maximum Gasteiger partial charge on any atom is 0.247 e. The highest BCUT2D eigenvalue weighted by Gasteiger charge is 2.02. The van der Waals surface area contributed by atoms with Crippen LogP contribution in [0.4, 0.5) is 11.6 Å². The van der Waals surface area contributed by atoms with Gasteiger partial charge < -0.3 is 11.1 Å². The molecular weight excluding hydrogens is 262 g/mol. The third-order valence-electron chi connectivity index (χ3n) is 3.21. The maximum absolute atomic E-state index is 5.55. The number of rotatable bonds is 5. The van der Waals surface area contributed by atoms with Gasteiger partial charge in [-0.1, -0.05) is 24.3 Å². The minimum absolute atomic E-state index is 0.504. The van der Waals surface area contributed by atoms with Gasteiger partial charge >= 0.3 is 0 Å². The monoisotopic (exact) mass is 279 g/mol. The first-order valence-corrected chi connectivity index (χ1v) is 7.00. The molecule has 0 amide bonds. The lowest BCUT2D eigenvalue weighted by atomic mass is 10.1. The van der Waals surface area contributed by atoms with Crippen LogP contribution in [0.15, 0.2) is 48.5 Å². The molecule has 1 aromatic heterocycles. The molecule has 0 aliphatic heterocycles. The lowest BCUT2D eigenvalue weighted by Gasteiger charge is -2.07. The number of aryl methyl sites for hydroxylation is 1. The normalized spacial score (nSPS) is 10.7. The van der Waals surface area contributed by atoms with Crippen molar-refractivity contribution in [3.05, 3.63) is 54.1 Å². The molecule has 0 aliphatic rings. The van der Waals surface area contributed by atoms with Gasteiger partial charge in [-0.15, -0.1) is 10.2 Å². The third-order valence-corrected chi connectivity index (χ3v) is 3.21. The molecule has 2 aromatic carbocycles. The van der Waals surface area contributed by atoms with Crippen molar-refractivity contribution in [2.75, 3.05) is 11.9 Å². The van der Waals surface area contributed by atoms with E-state index in [-0.39, 0.29) is 0 Å². The summed E-state index contributed by atoms with van der Waals surface area (Å²) in [5, 5.41) is 11.5. The van der Waals surface area contributed by atoms with Crippen molar-refractivity contribution in [2.24, 2.45) is 5.73 Å². The molecule has 5 heteroatoms. The van der Waals surface area contributed by atoms with Crippen molar-refractivity contribution in [3.63, 3.8) is 0 Å². The van der Waals surface area contributed by atoms with Crippen LogP contribution in [0.2, 0.25) is 0 Å². The first kappa shape index (κ1) is 13.5. The molecule has 0 spiro atoms. The molecule has 0 aliphatic carbocycles. The highest BCUT2D eigenvalue weighted by molar-refractivity contribution is 5.74. The van der Waals surface area contributed by atoms with Crippen LogP contribution in [0.1, 0.15) is 12.0 Å². The Morgan fingerprint density at radius 1 is 0.952 bits per heavy atom. The van der Waals surface area contributed by atoms with E-state index in [9.17, 15) is 0 Å². The van der Waals surface area contributed by atoms with Gasteiger partial charge in [0.25, 0.3) is 0 Å². The number of nitrogens with two attached hydrogens (primary N) is 1. The van der Waals surface area contributed by atoms with E-state index in [1.807, 2.05) is 36.4 Å². The number of hydrogen-bond donors (Lipinski definition) is 2. The van der Waals surface area contributed by atoms with Crippen LogP contribution in [0.3, 0.4) is 0 Å². The van der Waals surface area contributed by atoms with E-state index >= 15 is 0 Å². The van der Waals surface area contributed by atoms with Crippen LogP contribution >= 0.6 is 0 Å². The second-order valence-corrected chi connectivity index (χ2v) is 4.84. The van der Waals surface area contributed by atoms with Crippen molar-refractivity contribution in [2.45, 2.75) is 12.8 Å². The fourth-order valence-corrected chi connectivity index (χ4v) is 2.17. The first-order valence-electron chi connectivity index (χ1n) is 7.00. The topological polar surface area (TPSA) is 76.7 Å². The van der Waals surface area contributed by atoms with Gasteiger partial charge in [0.05, 0.1) is 5.52 Å². The second-order valence-electron chi connectivity index (χ2n) is 4.84. The summed E-state index contributed by atoms with van der Waals surface area (Å²) in [6, 6.07) is 15.9. The van der Waals surface area contributed by atoms with E-state index in [0.29, 0.717) is 12.5 Å². The van der Waals surface area contributed by atoms with Gasteiger partial charge in [-0.05, 0) is 49.2 Å². The summed E-state index contributed by atoms with van der Waals surface area (Å²) in [7, 11) is 0. The Morgan fingerprint density at radius 2 is 1.81 bits per heavy atom. The molecule has 1 heterocycles. The van der Waals surface area contributed by atoms with Crippen LogP contribution in [0.25, 0.3) is 11.0 Å². The number of fused-ring (bicyclic) bond motifs is 1. The van der Waals surface area contributed by atoms with Crippen molar-refractivity contribution < 1.29 is 0 Å². The fraction of sp³-hybridized carbons (Fsp3) is 0.188. The lowest BCUT2D eigenvalue weighted by molar-refractivity contribution is 0.833. The SMILES string of the molecule is NCCCc1cccc(Nc2nnc3ccccc3n2)c1. The quantitative estimate of drug-likeness (QED) is 0.751. The van der Waals surface area contributed by atoms with Crippen LogP contribution in [0.5, 0.6) is 0 Å². The summed E-state index contributed by atoms with van der Waals surface area (Å²) in [5.74, 6) is 0.504. The zero-order valence-electron chi connectivity index (χ0n) is 11.7. The Kier molecular flexibility index (Phi) is 4.02. The molecule has 3 rings (SSSR count). The number of benzene rings is 2. The average Bonchev–Trinajstić information content (AvgIpc) is 2.53. The Morgan fingerprint density at radius 3 is 2.67 bits per heavy atom. The molecule has 106 valence electrons. The van der Waals surface area contributed by atoms with Gasteiger partial charge in [0.15, 0.2) is 0 Å². The summed E-state index contributed by atoms with van der Waals surface area (Å²) < 4.78 is 0. The average molecular weight is 279 g/mol. The zero-order chi connectivity index (χ0) is 14.5. The van der Waals surface area contributed by atoms with Gasteiger partial charge in [0, 0.05) is 5.69 Å². The summed E-state index contributed by atoms with van der Waals surface area (Å²) in [6.45, 7) is 0.704. The largest absolute Gasteiger partial charge is 0.330 e. The number of nitrogens with zero attached hydrogens (tertiary/aromatic N) is 3. The van der Waals surface area contributed by atoms with Crippen LogP contribution in [-0.2, 0) is 6.42 Å². The summed E-state index contributed by atoms with van der Waals surface area (Å²) in [6.07, 6.45) is 1.96. The van der Waals surface area contributed by atoms with E-state index in [2.05, 4.69) is 32.6 Å². The molecule has 5 nitrogen and oxygen atoms in total. The molecule has 0 atom stereocenters. The van der Waals surface area contributed by atoms with Crippen LogP contribution < -0.4 is 11.1 Å². The van der Waals surface area contributed by atoms with Gasteiger partial charge in [-0.25, -0.2) is 4.98 Å². The molecule has 3 N–H and O–H groups in total. The minimum Gasteiger partial charge on any atom is -0.330 e. The molecule has 0 saturated carbocycles. The van der Waals surface area contributed by atoms with Crippen molar-refractivity contribution in [3.8, 4) is 0 Å². The van der Waals surface area contributed by atoms with Crippen molar-refractivity contribution in [1.82, 2.24) is 15.2 Å². The first-order chi connectivity index (χ1) is 10.3. The van der Waals surface area contributed by atoms with Gasteiger partial charge in [0.2, 0.25) is 5.95 Å². The van der Waals surface area contributed by atoms with Gasteiger partial charge in [-0.2, -0.15) is 0 Å². The van der Waals surface area contributed by atoms with E-state index in [0.717, 1.165) is 29.6 Å². The van der Waals surface area contributed by atoms with Gasteiger partial charge in [-0.3, -0.25) is 0 Å². The Balaban J connectivity index is 1.81. The maximum atomic E-state index is 5.55. The minimum atomic E-state index is 0.504. The zero-order valence-corrected chi connectivity index (χ0v) is 11.7. The number of aromatic nitrogens is 3. The molecule has 0 fully saturated rings. The molecule has 0 bridgehead atoms. The second kappa shape index (κ2) is 6.28. The van der Waals surface area contributed by atoms with E-state index in [1.165, 1.54) is 5.56 Å². The van der Waals surface area contributed by atoms with E-state index < -0.39 is 0 Å². The summed E-state index contributed by atoms with van der Waals surface area (Å²) in [5.41, 5.74) is 9.38. The van der Waals surface area contributed by atoms with Crippen LogP contribution in [0, 0.1) is 0 Å². The summed E-state index contributed by atoms with van der Waals surface area (Å²) >= 11 is 0. The van der Waals surface area contributed by atoms with Gasteiger partial charge in [0.1, 0.15) is 5.52 Å². The molecule has 0 unspecified atom stereocenters.